The van der Waals surface area contributed by atoms with Crippen molar-refractivity contribution >= 4 is 17.3 Å². The summed E-state index contributed by atoms with van der Waals surface area (Å²) in [4.78, 5) is 0. The molecule has 0 N–H and O–H groups in total. The van der Waals surface area contributed by atoms with E-state index in [4.69, 9.17) is 17.0 Å². The standard InChI is InChI=1S/C21H40OS/c1-3-5-6-7-8-9-10-11-12-13-14-15-16-17-18-19-20-22-21(23)4-2/h4H,2-3,5-20H2,1H3. The first-order valence-electron chi connectivity index (χ1n) is 10.1. The van der Waals surface area contributed by atoms with Crippen molar-refractivity contribution in [3.05, 3.63) is 12.7 Å². The van der Waals surface area contributed by atoms with E-state index in [1.165, 1.54) is 96.3 Å². The normalized spacial score (nSPS) is 10.7. The minimum atomic E-state index is 0.533. The maximum atomic E-state index is 5.32. The Labute approximate surface area is 151 Å². The molecule has 23 heavy (non-hydrogen) atoms. The SMILES string of the molecule is C=CC(=S)OCCCCCCCCCCCCCCCCCC. The van der Waals surface area contributed by atoms with Crippen molar-refractivity contribution in [3.63, 3.8) is 0 Å². The van der Waals surface area contributed by atoms with Crippen LogP contribution in [0.25, 0.3) is 0 Å². The van der Waals surface area contributed by atoms with Crippen LogP contribution < -0.4 is 0 Å². The Morgan fingerprint density at radius 3 is 1.39 bits per heavy atom. The summed E-state index contributed by atoms with van der Waals surface area (Å²) in [6.45, 7) is 6.63. The fraction of sp³-hybridized carbons (Fsp3) is 0.857. The predicted octanol–water partition coefficient (Wildman–Crippen LogP) is 7.78. The molecule has 0 saturated heterocycles. The predicted molar refractivity (Wildman–Crippen MR) is 108 cm³/mol. The van der Waals surface area contributed by atoms with Crippen LogP contribution in [-0.2, 0) is 4.74 Å². The monoisotopic (exact) mass is 340 g/mol. The lowest BCUT2D eigenvalue weighted by Crippen LogP contribution is -1.99. The molecule has 2 heteroatoms. The van der Waals surface area contributed by atoms with Crippen LogP contribution in [-0.4, -0.2) is 11.7 Å². The van der Waals surface area contributed by atoms with Gasteiger partial charge in [-0.05, 0) is 24.7 Å². The lowest BCUT2D eigenvalue weighted by atomic mass is 10.0. The Bertz CT molecular complexity index is 263. The van der Waals surface area contributed by atoms with Gasteiger partial charge in [-0.1, -0.05) is 110 Å². The molecule has 0 amide bonds. The average molecular weight is 341 g/mol. The number of hydrogen-bond donors (Lipinski definition) is 0. The molecule has 0 aliphatic heterocycles. The minimum absolute atomic E-state index is 0.533. The molecule has 0 atom stereocenters. The summed E-state index contributed by atoms with van der Waals surface area (Å²) in [6.07, 6.45) is 23.9. The van der Waals surface area contributed by atoms with E-state index in [9.17, 15) is 0 Å². The molecule has 0 aliphatic rings. The Kier molecular flexibility index (Phi) is 19.4. The Morgan fingerprint density at radius 1 is 0.696 bits per heavy atom. The average Bonchev–Trinajstić information content (AvgIpc) is 2.57. The van der Waals surface area contributed by atoms with Crippen LogP contribution in [0.2, 0.25) is 0 Å². The zero-order valence-corrected chi connectivity index (χ0v) is 16.4. The summed E-state index contributed by atoms with van der Waals surface area (Å²) < 4.78 is 5.32. The molecule has 0 aromatic rings. The molecule has 0 spiro atoms. The molecule has 0 heterocycles. The maximum Gasteiger partial charge on any atom is 0.183 e. The van der Waals surface area contributed by atoms with E-state index in [0.29, 0.717) is 5.05 Å². The molecule has 0 aliphatic carbocycles. The highest BCUT2D eigenvalue weighted by molar-refractivity contribution is 7.80. The zero-order valence-electron chi connectivity index (χ0n) is 15.6. The molecule has 0 fully saturated rings. The van der Waals surface area contributed by atoms with Crippen LogP contribution in [0.15, 0.2) is 12.7 Å². The van der Waals surface area contributed by atoms with E-state index in [2.05, 4.69) is 13.5 Å². The van der Waals surface area contributed by atoms with Crippen LogP contribution in [0.5, 0.6) is 0 Å². The first-order chi connectivity index (χ1) is 11.3. The van der Waals surface area contributed by atoms with Crippen molar-refractivity contribution in [1.82, 2.24) is 0 Å². The lowest BCUT2D eigenvalue weighted by molar-refractivity contribution is 0.302. The third kappa shape index (κ3) is 19.6. The molecule has 0 aromatic carbocycles. The number of rotatable bonds is 18. The summed E-state index contributed by atoms with van der Waals surface area (Å²) in [5, 5.41) is 0.533. The van der Waals surface area contributed by atoms with E-state index in [1.54, 1.807) is 6.08 Å². The van der Waals surface area contributed by atoms with Crippen molar-refractivity contribution < 1.29 is 4.74 Å². The lowest BCUT2D eigenvalue weighted by Gasteiger charge is -2.04. The quantitative estimate of drug-likeness (QED) is 0.143. The van der Waals surface area contributed by atoms with Crippen molar-refractivity contribution in [3.8, 4) is 0 Å². The molecule has 0 radical (unpaired) electrons. The molecule has 0 saturated carbocycles. The smallest absolute Gasteiger partial charge is 0.183 e. The van der Waals surface area contributed by atoms with E-state index in [-0.39, 0.29) is 0 Å². The van der Waals surface area contributed by atoms with Gasteiger partial charge >= 0.3 is 0 Å². The second-order valence-electron chi connectivity index (χ2n) is 6.67. The molecular weight excluding hydrogens is 300 g/mol. The van der Waals surface area contributed by atoms with Gasteiger partial charge in [0.05, 0.1) is 6.61 Å². The van der Waals surface area contributed by atoms with E-state index >= 15 is 0 Å². The number of thiocarbonyl (C=S) groups is 1. The van der Waals surface area contributed by atoms with E-state index in [0.717, 1.165) is 13.0 Å². The molecule has 0 aromatic heterocycles. The summed E-state index contributed by atoms with van der Waals surface area (Å²) in [5.41, 5.74) is 0. The van der Waals surface area contributed by atoms with Crippen molar-refractivity contribution in [1.29, 1.82) is 0 Å². The molecular formula is C21H40OS. The summed E-state index contributed by atoms with van der Waals surface area (Å²) in [5.74, 6) is 0. The molecule has 0 bridgehead atoms. The highest BCUT2D eigenvalue weighted by Crippen LogP contribution is 2.13. The molecule has 136 valence electrons. The second-order valence-corrected chi connectivity index (χ2v) is 7.08. The summed E-state index contributed by atoms with van der Waals surface area (Å²) in [7, 11) is 0. The zero-order chi connectivity index (χ0) is 17.0. The maximum absolute atomic E-state index is 5.32. The Hall–Kier alpha value is -0.370. The molecule has 1 nitrogen and oxygen atoms in total. The second kappa shape index (κ2) is 19.7. The van der Waals surface area contributed by atoms with Gasteiger partial charge in [-0.2, -0.15) is 0 Å². The van der Waals surface area contributed by atoms with Crippen LogP contribution in [0.3, 0.4) is 0 Å². The largest absolute Gasteiger partial charge is 0.483 e. The summed E-state index contributed by atoms with van der Waals surface area (Å²) in [6, 6.07) is 0. The van der Waals surface area contributed by atoms with Crippen LogP contribution in [0.4, 0.5) is 0 Å². The number of ether oxygens (including phenoxy) is 1. The summed E-state index contributed by atoms with van der Waals surface area (Å²) >= 11 is 4.93. The van der Waals surface area contributed by atoms with Crippen LogP contribution in [0, 0.1) is 0 Å². The topological polar surface area (TPSA) is 9.23 Å². The van der Waals surface area contributed by atoms with E-state index < -0.39 is 0 Å². The number of hydrogen-bond acceptors (Lipinski definition) is 2. The van der Waals surface area contributed by atoms with Crippen LogP contribution in [0.1, 0.15) is 110 Å². The van der Waals surface area contributed by atoms with Gasteiger partial charge < -0.3 is 4.74 Å². The van der Waals surface area contributed by atoms with E-state index in [1.807, 2.05) is 0 Å². The molecule has 0 unspecified atom stereocenters. The Morgan fingerprint density at radius 2 is 1.04 bits per heavy atom. The first-order valence-corrected chi connectivity index (χ1v) is 10.5. The first kappa shape index (κ1) is 22.6. The fourth-order valence-corrected chi connectivity index (χ4v) is 2.97. The highest BCUT2D eigenvalue weighted by Gasteiger charge is 1.95. The number of unbranched alkanes of at least 4 members (excludes halogenated alkanes) is 15. The fourth-order valence-electron chi connectivity index (χ4n) is 2.88. The van der Waals surface area contributed by atoms with Crippen molar-refractivity contribution in [2.45, 2.75) is 110 Å². The molecule has 0 rings (SSSR count). The van der Waals surface area contributed by atoms with Gasteiger partial charge in [0.2, 0.25) is 0 Å². The third-order valence-electron chi connectivity index (χ3n) is 4.41. The Balaban J connectivity index is 3.00. The van der Waals surface area contributed by atoms with Gasteiger partial charge in [0.15, 0.2) is 5.05 Å². The van der Waals surface area contributed by atoms with Crippen molar-refractivity contribution in [2.75, 3.05) is 6.61 Å². The minimum Gasteiger partial charge on any atom is -0.483 e. The van der Waals surface area contributed by atoms with Crippen LogP contribution >= 0.6 is 12.2 Å². The van der Waals surface area contributed by atoms with Gasteiger partial charge in [-0.25, -0.2) is 0 Å². The van der Waals surface area contributed by atoms with Gasteiger partial charge in [0.1, 0.15) is 0 Å². The van der Waals surface area contributed by atoms with Gasteiger partial charge in [-0.3, -0.25) is 0 Å². The highest BCUT2D eigenvalue weighted by atomic mass is 32.1. The van der Waals surface area contributed by atoms with Crippen molar-refractivity contribution in [2.24, 2.45) is 0 Å². The third-order valence-corrected chi connectivity index (χ3v) is 4.69. The van der Waals surface area contributed by atoms with Gasteiger partial charge in [0.25, 0.3) is 0 Å². The van der Waals surface area contributed by atoms with Gasteiger partial charge in [0, 0.05) is 0 Å². The van der Waals surface area contributed by atoms with Gasteiger partial charge in [-0.15, -0.1) is 0 Å².